The molecule has 1 aliphatic rings. The Kier molecular flexibility index (Phi) is 4.51. The third-order valence-corrected chi connectivity index (χ3v) is 4.38. The van der Waals surface area contributed by atoms with Crippen LogP contribution in [-0.2, 0) is 11.2 Å². The summed E-state index contributed by atoms with van der Waals surface area (Å²) in [4.78, 5) is 16.4. The van der Waals surface area contributed by atoms with Gasteiger partial charge in [-0.1, -0.05) is 40.0 Å². The molecule has 0 amide bonds. The molecule has 0 bridgehead atoms. The normalized spacial score (nSPS) is 21.7. The molecular formula is C16H25NO3. The third kappa shape index (κ3) is 2.89. The first-order chi connectivity index (χ1) is 9.49. The molecule has 0 spiro atoms. The van der Waals surface area contributed by atoms with Gasteiger partial charge in [-0.3, -0.25) is 0 Å². The summed E-state index contributed by atoms with van der Waals surface area (Å²) in [5.41, 5.74) is 0.927. The fourth-order valence-electron chi connectivity index (χ4n) is 3.13. The van der Waals surface area contributed by atoms with Crippen molar-refractivity contribution in [2.24, 2.45) is 5.41 Å². The fraction of sp³-hybridized carbons (Fsp3) is 0.750. The highest BCUT2D eigenvalue weighted by Crippen LogP contribution is 2.46. The second-order valence-corrected chi connectivity index (χ2v) is 6.36. The number of ether oxygens (including phenoxy) is 1. The number of esters is 1. The Labute approximate surface area is 120 Å². The Morgan fingerprint density at radius 3 is 2.80 bits per heavy atom. The molecule has 1 saturated carbocycles. The van der Waals surface area contributed by atoms with Crippen molar-refractivity contribution < 1.29 is 13.9 Å². The molecule has 1 heterocycles. The summed E-state index contributed by atoms with van der Waals surface area (Å²) in [6, 6.07) is 0. The maximum Gasteiger partial charge on any atom is 0.375 e. The second-order valence-electron chi connectivity index (χ2n) is 6.36. The number of rotatable bonds is 4. The molecule has 1 unspecified atom stereocenters. The highest BCUT2D eigenvalue weighted by Gasteiger charge is 2.37. The van der Waals surface area contributed by atoms with E-state index in [2.05, 4.69) is 25.8 Å². The van der Waals surface area contributed by atoms with Crippen molar-refractivity contribution >= 4 is 5.97 Å². The number of carbonyl (C=O) groups excluding carboxylic acids is 1. The van der Waals surface area contributed by atoms with Crippen molar-refractivity contribution in [1.29, 1.82) is 0 Å². The fourth-order valence-corrected chi connectivity index (χ4v) is 3.13. The van der Waals surface area contributed by atoms with Gasteiger partial charge in [0.25, 0.3) is 0 Å². The molecule has 0 N–H and O–H groups in total. The van der Waals surface area contributed by atoms with Crippen molar-refractivity contribution in [2.75, 3.05) is 7.11 Å². The summed E-state index contributed by atoms with van der Waals surface area (Å²) in [6.45, 7) is 6.59. The lowest BCUT2D eigenvalue weighted by atomic mass is 9.69. The van der Waals surface area contributed by atoms with Crippen LogP contribution >= 0.6 is 0 Å². The smallest absolute Gasteiger partial charge is 0.375 e. The summed E-state index contributed by atoms with van der Waals surface area (Å²) >= 11 is 0. The van der Waals surface area contributed by atoms with Gasteiger partial charge < -0.3 is 9.15 Å². The predicted octanol–water partition coefficient (Wildman–Crippen LogP) is 4.10. The van der Waals surface area contributed by atoms with E-state index in [-0.39, 0.29) is 5.41 Å². The average Bonchev–Trinajstić information content (AvgIpc) is 2.81. The molecule has 20 heavy (non-hydrogen) atoms. The van der Waals surface area contributed by atoms with Crippen LogP contribution in [0.5, 0.6) is 0 Å². The third-order valence-electron chi connectivity index (χ3n) is 4.38. The van der Waals surface area contributed by atoms with Crippen LogP contribution in [0.1, 0.15) is 80.9 Å². The Bertz CT molecular complexity index is 476. The number of nitrogens with zero attached hydrogens (tertiary/aromatic N) is 1. The lowest BCUT2D eigenvalue weighted by Crippen LogP contribution is -2.26. The molecular weight excluding hydrogens is 254 g/mol. The molecule has 1 fully saturated rings. The summed E-state index contributed by atoms with van der Waals surface area (Å²) in [5, 5.41) is 0. The number of carbonyl (C=O) groups is 1. The maximum absolute atomic E-state index is 11.8. The van der Waals surface area contributed by atoms with Crippen molar-refractivity contribution in [1.82, 2.24) is 4.98 Å². The summed E-state index contributed by atoms with van der Waals surface area (Å²) < 4.78 is 10.6. The zero-order valence-corrected chi connectivity index (χ0v) is 13.0. The number of hydrogen-bond acceptors (Lipinski definition) is 4. The van der Waals surface area contributed by atoms with Crippen LogP contribution < -0.4 is 0 Å². The minimum atomic E-state index is -0.416. The van der Waals surface area contributed by atoms with Gasteiger partial charge in [0.05, 0.1) is 12.8 Å². The predicted molar refractivity (Wildman–Crippen MR) is 76.8 cm³/mol. The SMILES string of the molecule is CCCc1nc(C2CCCCC2(C)C)oc1C(=O)OC. The number of aryl methyl sites for hydroxylation is 1. The molecule has 4 heteroatoms. The van der Waals surface area contributed by atoms with Crippen LogP contribution in [0, 0.1) is 5.41 Å². The van der Waals surface area contributed by atoms with E-state index in [0.29, 0.717) is 11.7 Å². The first kappa shape index (κ1) is 15.1. The van der Waals surface area contributed by atoms with Gasteiger partial charge >= 0.3 is 5.97 Å². The van der Waals surface area contributed by atoms with Gasteiger partial charge in [0, 0.05) is 5.92 Å². The van der Waals surface area contributed by atoms with Crippen LogP contribution in [0.4, 0.5) is 0 Å². The Morgan fingerprint density at radius 1 is 1.45 bits per heavy atom. The van der Waals surface area contributed by atoms with Gasteiger partial charge in [0.1, 0.15) is 0 Å². The van der Waals surface area contributed by atoms with Gasteiger partial charge in [-0.05, 0) is 24.7 Å². The van der Waals surface area contributed by atoms with Crippen LogP contribution in [0.2, 0.25) is 0 Å². The van der Waals surface area contributed by atoms with Crippen LogP contribution in [0.3, 0.4) is 0 Å². The lowest BCUT2D eigenvalue weighted by Gasteiger charge is -2.36. The monoisotopic (exact) mass is 279 g/mol. The standard InChI is InChI=1S/C16H25NO3/c1-5-8-12-13(15(18)19-4)20-14(17-12)11-9-6-7-10-16(11,2)3/h11H,5-10H2,1-4H3. The Morgan fingerprint density at radius 2 is 2.20 bits per heavy atom. The number of aromatic nitrogens is 1. The van der Waals surface area contributed by atoms with E-state index < -0.39 is 5.97 Å². The van der Waals surface area contributed by atoms with Gasteiger partial charge in [0.2, 0.25) is 5.76 Å². The zero-order valence-electron chi connectivity index (χ0n) is 13.0. The summed E-state index contributed by atoms with van der Waals surface area (Å²) in [7, 11) is 1.38. The highest BCUT2D eigenvalue weighted by molar-refractivity contribution is 5.87. The molecule has 0 radical (unpaired) electrons. The molecule has 1 atom stereocenters. The molecule has 1 aromatic rings. The Hall–Kier alpha value is -1.32. The van der Waals surface area contributed by atoms with Gasteiger partial charge in [-0.15, -0.1) is 0 Å². The van der Waals surface area contributed by atoms with Gasteiger partial charge in [0.15, 0.2) is 5.89 Å². The van der Waals surface area contributed by atoms with Crippen LogP contribution in [0.15, 0.2) is 4.42 Å². The minimum Gasteiger partial charge on any atom is -0.463 e. The molecule has 1 aliphatic carbocycles. The molecule has 0 aromatic carbocycles. The lowest BCUT2D eigenvalue weighted by molar-refractivity contribution is 0.0556. The quantitative estimate of drug-likeness (QED) is 0.779. The topological polar surface area (TPSA) is 52.3 Å². The van der Waals surface area contributed by atoms with E-state index in [9.17, 15) is 4.79 Å². The van der Waals surface area contributed by atoms with E-state index >= 15 is 0 Å². The van der Waals surface area contributed by atoms with E-state index in [0.717, 1.165) is 30.8 Å². The molecule has 112 valence electrons. The van der Waals surface area contributed by atoms with E-state index in [1.54, 1.807) is 0 Å². The maximum atomic E-state index is 11.8. The summed E-state index contributed by atoms with van der Waals surface area (Å²) in [5.74, 6) is 0.898. The van der Waals surface area contributed by atoms with Crippen molar-refractivity contribution in [3.05, 3.63) is 17.3 Å². The number of methoxy groups -OCH3 is 1. The minimum absolute atomic E-state index is 0.181. The van der Waals surface area contributed by atoms with E-state index in [4.69, 9.17) is 9.15 Å². The van der Waals surface area contributed by atoms with Crippen molar-refractivity contribution in [3.8, 4) is 0 Å². The average molecular weight is 279 g/mol. The Balaban J connectivity index is 2.34. The first-order valence-electron chi connectivity index (χ1n) is 7.57. The van der Waals surface area contributed by atoms with Crippen LogP contribution in [0.25, 0.3) is 0 Å². The highest BCUT2D eigenvalue weighted by atomic mass is 16.5. The molecule has 0 aliphatic heterocycles. The first-order valence-corrected chi connectivity index (χ1v) is 7.57. The summed E-state index contributed by atoms with van der Waals surface area (Å²) in [6.07, 6.45) is 6.41. The largest absolute Gasteiger partial charge is 0.463 e. The van der Waals surface area contributed by atoms with Crippen molar-refractivity contribution in [2.45, 2.75) is 65.2 Å². The number of oxazole rings is 1. The van der Waals surface area contributed by atoms with Gasteiger partial charge in [-0.2, -0.15) is 0 Å². The second kappa shape index (κ2) is 5.98. The van der Waals surface area contributed by atoms with E-state index in [1.807, 2.05) is 0 Å². The van der Waals surface area contributed by atoms with Crippen LogP contribution in [-0.4, -0.2) is 18.1 Å². The molecule has 4 nitrogen and oxygen atoms in total. The van der Waals surface area contributed by atoms with Crippen molar-refractivity contribution in [3.63, 3.8) is 0 Å². The molecule has 2 rings (SSSR count). The molecule has 1 aromatic heterocycles. The van der Waals surface area contributed by atoms with Gasteiger partial charge in [-0.25, -0.2) is 9.78 Å². The molecule has 0 saturated heterocycles. The van der Waals surface area contributed by atoms with E-state index in [1.165, 1.54) is 26.4 Å². The zero-order chi connectivity index (χ0) is 14.8. The number of hydrogen-bond donors (Lipinski definition) is 0.